The SMILES string of the molecule is O=C(Nc1cc(Cl)ccn1)c1ccc2c(c1)nc(Nc1c(Cl)cccc1Cl)n2C1CNC1.O=C(O)C(F)(F)F. The number of alkyl halides is 3. The van der Waals surface area contributed by atoms with E-state index < -0.39 is 12.1 Å². The minimum absolute atomic E-state index is 0.221. The lowest BCUT2D eigenvalue weighted by Gasteiger charge is -2.30. The van der Waals surface area contributed by atoms with Gasteiger partial charge in [0, 0.05) is 29.9 Å². The Hall–Kier alpha value is -3.58. The predicted molar refractivity (Wildman–Crippen MR) is 142 cm³/mol. The molecule has 0 saturated carbocycles. The zero-order valence-corrected chi connectivity index (χ0v) is 21.8. The molecule has 0 unspecified atom stereocenters. The van der Waals surface area contributed by atoms with Crippen LogP contribution in [0.5, 0.6) is 0 Å². The number of carboxylic acids is 1. The fourth-order valence-corrected chi connectivity index (χ4v) is 4.20. The second-order valence-electron chi connectivity index (χ2n) is 8.16. The molecule has 1 aliphatic rings. The van der Waals surface area contributed by atoms with Gasteiger partial charge >= 0.3 is 12.1 Å². The Morgan fingerprint density at radius 2 is 1.72 bits per heavy atom. The topological polar surface area (TPSA) is 121 Å². The molecule has 9 nitrogen and oxygen atoms in total. The smallest absolute Gasteiger partial charge is 0.475 e. The van der Waals surface area contributed by atoms with Crippen molar-refractivity contribution in [3.8, 4) is 0 Å². The summed E-state index contributed by atoms with van der Waals surface area (Å²) in [5, 5.41) is 17.9. The van der Waals surface area contributed by atoms with Crippen LogP contribution < -0.4 is 16.0 Å². The number of amides is 1. The van der Waals surface area contributed by atoms with Crippen LogP contribution in [-0.2, 0) is 4.79 Å². The minimum Gasteiger partial charge on any atom is -0.475 e. The first-order valence-corrected chi connectivity index (χ1v) is 12.2. The molecule has 3 heterocycles. The van der Waals surface area contributed by atoms with Gasteiger partial charge in [-0.1, -0.05) is 40.9 Å². The maximum absolute atomic E-state index is 12.8. The van der Waals surface area contributed by atoms with Gasteiger partial charge in [0.05, 0.1) is 32.8 Å². The van der Waals surface area contributed by atoms with Crippen LogP contribution >= 0.6 is 34.8 Å². The Labute approximate surface area is 233 Å². The van der Waals surface area contributed by atoms with Gasteiger partial charge in [-0.05, 0) is 42.5 Å². The largest absolute Gasteiger partial charge is 0.490 e. The second-order valence-corrected chi connectivity index (χ2v) is 9.41. The number of pyridine rings is 1. The molecule has 4 N–H and O–H groups in total. The number of anilines is 3. The van der Waals surface area contributed by atoms with E-state index in [1.807, 2.05) is 6.07 Å². The maximum atomic E-state index is 12.8. The number of aromatic nitrogens is 3. The van der Waals surface area contributed by atoms with E-state index >= 15 is 0 Å². The Bertz CT molecular complexity index is 1520. The van der Waals surface area contributed by atoms with E-state index in [-0.39, 0.29) is 11.9 Å². The number of nitrogens with one attached hydrogen (secondary N) is 3. The molecule has 2 aromatic heterocycles. The summed E-state index contributed by atoms with van der Waals surface area (Å²) in [5.41, 5.74) is 2.62. The first kappa shape index (κ1) is 28.4. The van der Waals surface area contributed by atoms with Crippen LogP contribution in [-0.4, -0.2) is 50.8 Å². The number of aliphatic carboxylic acids is 1. The molecule has 0 bridgehead atoms. The fourth-order valence-electron chi connectivity index (χ4n) is 3.54. The number of hydrogen-bond acceptors (Lipinski definition) is 6. The molecule has 2 aromatic carbocycles. The highest BCUT2D eigenvalue weighted by Crippen LogP contribution is 2.35. The molecule has 0 aliphatic carbocycles. The number of para-hydroxylation sites is 1. The van der Waals surface area contributed by atoms with Gasteiger partial charge in [0.15, 0.2) is 0 Å². The number of nitrogens with zero attached hydrogens (tertiary/aromatic N) is 3. The van der Waals surface area contributed by atoms with E-state index in [0.29, 0.717) is 43.6 Å². The third-order valence-electron chi connectivity index (χ3n) is 5.48. The average Bonchev–Trinajstić information content (AvgIpc) is 3.17. The molecule has 15 heteroatoms. The summed E-state index contributed by atoms with van der Waals surface area (Å²) >= 11 is 18.7. The summed E-state index contributed by atoms with van der Waals surface area (Å²) < 4.78 is 33.8. The summed E-state index contributed by atoms with van der Waals surface area (Å²) in [7, 11) is 0. The number of carbonyl (C=O) groups is 2. The van der Waals surface area contributed by atoms with E-state index in [0.717, 1.165) is 18.6 Å². The minimum atomic E-state index is -5.08. The van der Waals surface area contributed by atoms with Crippen molar-refractivity contribution in [3.05, 3.63) is 75.4 Å². The van der Waals surface area contributed by atoms with E-state index in [1.165, 1.54) is 6.20 Å². The van der Waals surface area contributed by atoms with Gasteiger partial charge in [0.2, 0.25) is 5.95 Å². The molecule has 5 rings (SSSR count). The highest BCUT2D eigenvalue weighted by atomic mass is 35.5. The van der Waals surface area contributed by atoms with Crippen LogP contribution in [0.2, 0.25) is 15.1 Å². The van der Waals surface area contributed by atoms with Gasteiger partial charge in [-0.15, -0.1) is 0 Å². The lowest BCUT2D eigenvalue weighted by atomic mass is 10.1. The van der Waals surface area contributed by atoms with Crippen LogP contribution in [0.3, 0.4) is 0 Å². The monoisotopic (exact) mass is 600 g/mol. The van der Waals surface area contributed by atoms with Gasteiger partial charge < -0.3 is 25.6 Å². The number of carboxylic acid groups (broad SMARTS) is 1. The van der Waals surface area contributed by atoms with Crippen molar-refractivity contribution in [2.75, 3.05) is 23.7 Å². The highest BCUT2D eigenvalue weighted by molar-refractivity contribution is 6.39. The van der Waals surface area contributed by atoms with Crippen molar-refractivity contribution < 1.29 is 27.9 Å². The predicted octanol–water partition coefficient (Wildman–Crippen LogP) is 6.17. The quantitative estimate of drug-likeness (QED) is 0.216. The van der Waals surface area contributed by atoms with Crippen LogP contribution in [0.15, 0.2) is 54.7 Å². The van der Waals surface area contributed by atoms with E-state index in [1.54, 1.807) is 42.5 Å². The standard InChI is InChI=1S/C22H17Cl3N6O.C2HF3O2/c23-13-6-7-27-19(9-13)29-21(32)12-4-5-18-17(8-12)28-22(31(18)14-10-26-11-14)30-20-15(24)2-1-3-16(20)25;3-2(4,5)1(6)7/h1-9,14,26H,10-11H2,(H,28,30)(H,27,29,32);(H,6,7). The molecule has 0 atom stereocenters. The zero-order chi connectivity index (χ0) is 28.3. The molecule has 0 radical (unpaired) electrons. The molecule has 0 spiro atoms. The molecule has 4 aromatic rings. The molecular weight excluding hydrogens is 584 g/mol. The van der Waals surface area contributed by atoms with Gasteiger partial charge in [-0.3, -0.25) is 4.79 Å². The molecular formula is C24H18Cl3F3N6O3. The number of carbonyl (C=O) groups excluding carboxylic acids is 1. The number of imidazole rings is 1. The fraction of sp³-hybridized carbons (Fsp3) is 0.167. The van der Waals surface area contributed by atoms with Crippen molar-refractivity contribution in [3.63, 3.8) is 0 Å². The van der Waals surface area contributed by atoms with Crippen molar-refractivity contribution >= 4 is 75.2 Å². The zero-order valence-electron chi connectivity index (χ0n) is 19.6. The molecule has 1 amide bonds. The summed E-state index contributed by atoms with van der Waals surface area (Å²) in [6.07, 6.45) is -3.55. The third-order valence-corrected chi connectivity index (χ3v) is 6.35. The summed E-state index contributed by atoms with van der Waals surface area (Å²) in [6.45, 7) is 1.64. The number of halogens is 6. The third kappa shape index (κ3) is 6.71. The first-order chi connectivity index (χ1) is 18.4. The maximum Gasteiger partial charge on any atom is 0.490 e. The Kier molecular flexibility index (Phi) is 8.50. The molecule has 1 aliphatic heterocycles. The lowest BCUT2D eigenvalue weighted by molar-refractivity contribution is -0.192. The van der Waals surface area contributed by atoms with Gasteiger partial charge in [-0.25, -0.2) is 14.8 Å². The van der Waals surface area contributed by atoms with E-state index in [9.17, 15) is 18.0 Å². The molecule has 1 saturated heterocycles. The summed E-state index contributed by atoms with van der Waals surface area (Å²) in [6, 6.07) is 14.2. The Morgan fingerprint density at radius 3 is 2.28 bits per heavy atom. The van der Waals surface area contributed by atoms with Gasteiger partial charge in [-0.2, -0.15) is 13.2 Å². The van der Waals surface area contributed by atoms with Crippen molar-refractivity contribution in [1.82, 2.24) is 19.9 Å². The number of rotatable bonds is 5. The number of benzene rings is 2. The van der Waals surface area contributed by atoms with Gasteiger partial charge in [0.25, 0.3) is 5.91 Å². The molecule has 204 valence electrons. The second kappa shape index (κ2) is 11.7. The summed E-state index contributed by atoms with van der Waals surface area (Å²) in [4.78, 5) is 30.5. The Balaban J connectivity index is 0.000000448. The van der Waals surface area contributed by atoms with Crippen molar-refractivity contribution in [1.29, 1.82) is 0 Å². The Morgan fingerprint density at radius 1 is 1.05 bits per heavy atom. The van der Waals surface area contributed by atoms with E-state index in [2.05, 4.69) is 25.5 Å². The van der Waals surface area contributed by atoms with Crippen LogP contribution in [0.4, 0.5) is 30.6 Å². The molecule has 1 fully saturated rings. The van der Waals surface area contributed by atoms with Crippen LogP contribution in [0, 0.1) is 0 Å². The number of fused-ring (bicyclic) bond motifs is 1. The van der Waals surface area contributed by atoms with E-state index in [4.69, 9.17) is 49.7 Å². The van der Waals surface area contributed by atoms with Crippen molar-refractivity contribution in [2.45, 2.75) is 12.2 Å². The molecule has 39 heavy (non-hydrogen) atoms. The highest BCUT2D eigenvalue weighted by Gasteiger charge is 2.38. The van der Waals surface area contributed by atoms with Crippen LogP contribution in [0.25, 0.3) is 11.0 Å². The average molecular weight is 602 g/mol. The van der Waals surface area contributed by atoms with Crippen molar-refractivity contribution in [2.24, 2.45) is 0 Å². The lowest BCUT2D eigenvalue weighted by Crippen LogP contribution is -2.43. The van der Waals surface area contributed by atoms with Crippen LogP contribution in [0.1, 0.15) is 16.4 Å². The summed E-state index contributed by atoms with van der Waals surface area (Å²) in [5.74, 6) is -2.07. The first-order valence-electron chi connectivity index (χ1n) is 11.1. The number of hydrogen-bond donors (Lipinski definition) is 4. The normalized spacial score (nSPS) is 13.3. The van der Waals surface area contributed by atoms with Gasteiger partial charge in [0.1, 0.15) is 5.82 Å².